The van der Waals surface area contributed by atoms with Crippen LogP contribution >= 0.6 is 27.5 Å². The summed E-state index contributed by atoms with van der Waals surface area (Å²) in [5.41, 5.74) is 1.66. The van der Waals surface area contributed by atoms with E-state index in [1.807, 2.05) is 6.07 Å². The molecule has 3 nitrogen and oxygen atoms in total. The predicted octanol–water partition coefficient (Wildman–Crippen LogP) is 3.35. The van der Waals surface area contributed by atoms with Crippen LogP contribution in [-0.4, -0.2) is 19.7 Å². The van der Waals surface area contributed by atoms with Crippen molar-refractivity contribution in [1.29, 1.82) is 0 Å². The number of rotatable bonds is 5. The molecule has 0 aromatic heterocycles. The van der Waals surface area contributed by atoms with E-state index in [0.717, 1.165) is 11.1 Å². The first-order valence-corrected chi connectivity index (χ1v) is 6.69. The third-order valence-corrected chi connectivity index (χ3v) is 3.19. The van der Waals surface area contributed by atoms with Crippen molar-refractivity contribution in [3.63, 3.8) is 0 Å². The zero-order valence-electron chi connectivity index (χ0n) is 9.76. The van der Waals surface area contributed by atoms with Gasteiger partial charge in [0.2, 0.25) is 0 Å². The normalized spacial score (nSPS) is 10.1. The first kappa shape index (κ1) is 14.3. The number of hydrogen-bond donors (Lipinski definition) is 0. The first-order valence-electron chi connectivity index (χ1n) is 5.19. The molecule has 0 unspecified atom stereocenters. The Balaban J connectivity index is 2.98. The van der Waals surface area contributed by atoms with Crippen molar-refractivity contribution in [1.82, 2.24) is 0 Å². The zero-order valence-corrected chi connectivity index (χ0v) is 12.1. The maximum Gasteiger partial charge on any atom is 0.310 e. The van der Waals surface area contributed by atoms with Crippen molar-refractivity contribution in [2.45, 2.75) is 18.7 Å². The second kappa shape index (κ2) is 6.87. The van der Waals surface area contributed by atoms with Crippen LogP contribution in [0.1, 0.15) is 18.1 Å². The van der Waals surface area contributed by atoms with Crippen molar-refractivity contribution in [3.05, 3.63) is 28.3 Å². The summed E-state index contributed by atoms with van der Waals surface area (Å²) in [6.45, 7) is 2.14. The van der Waals surface area contributed by atoms with Crippen molar-refractivity contribution >= 4 is 33.5 Å². The Morgan fingerprint density at radius 3 is 2.65 bits per heavy atom. The van der Waals surface area contributed by atoms with Crippen molar-refractivity contribution < 1.29 is 14.3 Å². The summed E-state index contributed by atoms with van der Waals surface area (Å²) in [6, 6.07) is 3.57. The van der Waals surface area contributed by atoms with E-state index in [1.165, 1.54) is 0 Å². The van der Waals surface area contributed by atoms with Gasteiger partial charge in [-0.2, -0.15) is 0 Å². The summed E-state index contributed by atoms with van der Waals surface area (Å²) in [6.07, 6.45) is 0.166. The van der Waals surface area contributed by atoms with Gasteiger partial charge < -0.3 is 9.47 Å². The molecule has 0 spiro atoms. The molecule has 17 heavy (non-hydrogen) atoms. The van der Waals surface area contributed by atoms with Crippen molar-refractivity contribution in [2.75, 3.05) is 13.7 Å². The third kappa shape index (κ3) is 3.89. The molecule has 0 saturated carbocycles. The number of esters is 1. The average molecular weight is 322 g/mol. The highest BCUT2D eigenvalue weighted by atomic mass is 79.9. The first-order chi connectivity index (χ1) is 8.12. The predicted molar refractivity (Wildman–Crippen MR) is 71.0 cm³/mol. The molecule has 0 amide bonds. The number of methoxy groups -OCH3 is 1. The average Bonchev–Trinajstić information content (AvgIpc) is 2.29. The Hall–Kier alpha value is -0.740. The fourth-order valence-electron chi connectivity index (χ4n) is 1.43. The molecule has 0 aliphatic carbocycles. The van der Waals surface area contributed by atoms with E-state index in [2.05, 4.69) is 15.9 Å². The van der Waals surface area contributed by atoms with Crippen LogP contribution in [0.5, 0.6) is 5.75 Å². The minimum Gasteiger partial charge on any atom is -0.496 e. The Bertz CT molecular complexity index is 407. The van der Waals surface area contributed by atoms with Crippen LogP contribution in [0.2, 0.25) is 5.02 Å². The lowest BCUT2D eigenvalue weighted by Crippen LogP contribution is -2.08. The summed E-state index contributed by atoms with van der Waals surface area (Å²) in [5, 5.41) is 1.25. The number of ether oxygens (including phenoxy) is 2. The number of hydrogen-bond acceptors (Lipinski definition) is 3. The van der Waals surface area contributed by atoms with Crippen LogP contribution in [0.4, 0.5) is 0 Å². The number of carbonyl (C=O) groups is 1. The zero-order chi connectivity index (χ0) is 12.8. The number of halogens is 2. The van der Waals surface area contributed by atoms with Gasteiger partial charge in [0.15, 0.2) is 0 Å². The minimum atomic E-state index is -0.284. The van der Waals surface area contributed by atoms with Crippen LogP contribution in [0.3, 0.4) is 0 Å². The molecular formula is C12H14BrClO3. The van der Waals surface area contributed by atoms with Crippen LogP contribution in [0.25, 0.3) is 0 Å². The molecule has 0 bridgehead atoms. The van der Waals surface area contributed by atoms with Gasteiger partial charge in [-0.3, -0.25) is 4.79 Å². The summed E-state index contributed by atoms with van der Waals surface area (Å²) in [7, 11) is 1.57. The molecule has 0 atom stereocenters. The molecule has 0 aliphatic heterocycles. The fourth-order valence-corrected chi connectivity index (χ4v) is 2.31. The van der Waals surface area contributed by atoms with E-state index < -0.39 is 0 Å². The number of alkyl halides is 1. The standard InChI is InChI=1S/C12H14BrClO3/c1-3-17-12(15)6-8-4-10(14)9(7-13)5-11(8)16-2/h4-5H,3,6-7H2,1-2H3. The molecule has 0 saturated heterocycles. The minimum absolute atomic E-state index is 0.166. The molecule has 1 rings (SSSR count). The van der Waals surface area contributed by atoms with Gasteiger partial charge in [-0.15, -0.1) is 0 Å². The SMILES string of the molecule is CCOC(=O)Cc1cc(Cl)c(CBr)cc1OC. The van der Waals surface area contributed by atoms with Crippen molar-refractivity contribution in [2.24, 2.45) is 0 Å². The van der Waals surface area contributed by atoms with Gasteiger partial charge in [0.1, 0.15) is 5.75 Å². The molecule has 1 aromatic rings. The van der Waals surface area contributed by atoms with E-state index >= 15 is 0 Å². The van der Waals surface area contributed by atoms with Gasteiger partial charge in [-0.1, -0.05) is 27.5 Å². The molecule has 94 valence electrons. The van der Waals surface area contributed by atoms with Gasteiger partial charge in [-0.25, -0.2) is 0 Å². The Labute approximate surface area is 114 Å². The van der Waals surface area contributed by atoms with Gasteiger partial charge in [0.05, 0.1) is 20.1 Å². The topological polar surface area (TPSA) is 35.5 Å². The molecule has 0 heterocycles. The molecule has 0 fully saturated rings. The maximum absolute atomic E-state index is 11.4. The van der Waals surface area contributed by atoms with Gasteiger partial charge >= 0.3 is 5.97 Å². The lowest BCUT2D eigenvalue weighted by atomic mass is 10.1. The highest BCUT2D eigenvalue weighted by molar-refractivity contribution is 9.08. The maximum atomic E-state index is 11.4. The van der Waals surface area contributed by atoms with E-state index in [4.69, 9.17) is 21.1 Å². The second-order valence-corrected chi connectivity index (χ2v) is 4.34. The number of carbonyl (C=O) groups excluding carboxylic acids is 1. The van der Waals surface area contributed by atoms with Crippen LogP contribution < -0.4 is 4.74 Å². The molecule has 0 aliphatic rings. The van der Waals surface area contributed by atoms with Gasteiger partial charge in [0.25, 0.3) is 0 Å². The molecule has 5 heteroatoms. The van der Waals surface area contributed by atoms with Gasteiger partial charge in [0, 0.05) is 15.9 Å². The smallest absolute Gasteiger partial charge is 0.310 e. The van der Waals surface area contributed by atoms with Crippen molar-refractivity contribution in [3.8, 4) is 5.75 Å². The summed E-state index contributed by atoms with van der Waals surface area (Å²) in [4.78, 5) is 11.4. The molecule has 1 aromatic carbocycles. The highest BCUT2D eigenvalue weighted by Crippen LogP contribution is 2.29. The quantitative estimate of drug-likeness (QED) is 0.616. The summed E-state index contributed by atoms with van der Waals surface area (Å²) >= 11 is 9.42. The van der Waals surface area contributed by atoms with E-state index in [1.54, 1.807) is 20.1 Å². The lowest BCUT2D eigenvalue weighted by Gasteiger charge is -2.11. The Kier molecular flexibility index (Phi) is 5.78. The van der Waals surface area contributed by atoms with Crippen LogP contribution in [0, 0.1) is 0 Å². The van der Waals surface area contributed by atoms with E-state index in [0.29, 0.717) is 22.7 Å². The number of benzene rings is 1. The van der Waals surface area contributed by atoms with Gasteiger partial charge in [-0.05, 0) is 24.6 Å². The Morgan fingerprint density at radius 2 is 2.12 bits per heavy atom. The van der Waals surface area contributed by atoms with Crippen LogP contribution in [-0.2, 0) is 21.3 Å². The fraction of sp³-hybridized carbons (Fsp3) is 0.417. The Morgan fingerprint density at radius 1 is 1.41 bits per heavy atom. The van der Waals surface area contributed by atoms with Crippen LogP contribution in [0.15, 0.2) is 12.1 Å². The summed E-state index contributed by atoms with van der Waals surface area (Å²) in [5.74, 6) is 0.366. The third-order valence-electron chi connectivity index (χ3n) is 2.23. The monoisotopic (exact) mass is 320 g/mol. The molecular weight excluding hydrogens is 307 g/mol. The van der Waals surface area contributed by atoms with E-state index in [-0.39, 0.29) is 12.4 Å². The molecule has 0 N–H and O–H groups in total. The molecule has 0 radical (unpaired) electrons. The highest BCUT2D eigenvalue weighted by Gasteiger charge is 2.12. The second-order valence-electron chi connectivity index (χ2n) is 3.37. The lowest BCUT2D eigenvalue weighted by molar-refractivity contribution is -0.142. The summed E-state index contributed by atoms with van der Waals surface area (Å²) < 4.78 is 10.1. The van der Waals surface area contributed by atoms with E-state index in [9.17, 15) is 4.79 Å². The largest absolute Gasteiger partial charge is 0.496 e.